The minimum absolute atomic E-state index is 0.0391. The molecule has 2 amide bonds. The Bertz CT molecular complexity index is 736. The average molecular weight is 468 g/mol. The Balaban J connectivity index is 2.38. The number of methoxy groups -OCH3 is 1. The van der Waals surface area contributed by atoms with Gasteiger partial charge in [0.25, 0.3) is 11.1 Å². The second-order valence-electron chi connectivity index (χ2n) is 4.58. The van der Waals surface area contributed by atoms with Crippen LogP contribution in [-0.2, 0) is 14.3 Å². The fraction of sp³-hybridized carbons (Fsp3) is 0.214. The minimum atomic E-state index is -1.02. The van der Waals surface area contributed by atoms with E-state index in [4.69, 9.17) is 11.6 Å². The molecule has 1 aliphatic heterocycles. The van der Waals surface area contributed by atoms with Crippen molar-refractivity contribution in [3.05, 3.63) is 31.2 Å². The number of benzene rings is 1. The van der Waals surface area contributed by atoms with Gasteiger partial charge in [-0.25, -0.2) is 4.79 Å². The Kier molecular flexibility index (Phi) is 5.58. The first kappa shape index (κ1) is 18.1. The van der Waals surface area contributed by atoms with E-state index in [2.05, 4.69) is 4.74 Å². The number of imide groups is 1. The van der Waals surface area contributed by atoms with Gasteiger partial charge in [-0.1, -0.05) is 11.6 Å². The van der Waals surface area contributed by atoms with Crippen LogP contribution in [0.2, 0.25) is 5.02 Å². The number of ether oxygens (including phenoxy) is 1. The maximum atomic E-state index is 12.4. The third kappa shape index (κ3) is 3.64. The molecule has 122 valence electrons. The first-order valence-corrected chi connectivity index (χ1v) is 8.56. The van der Waals surface area contributed by atoms with Crippen LogP contribution in [0.25, 0.3) is 6.08 Å². The van der Waals surface area contributed by atoms with Crippen molar-refractivity contribution in [3.8, 4) is 5.75 Å². The zero-order valence-electron chi connectivity index (χ0n) is 12.0. The molecular weight excluding hydrogens is 457 g/mol. The van der Waals surface area contributed by atoms with Crippen molar-refractivity contribution in [2.75, 3.05) is 7.11 Å². The molecule has 1 N–H and O–H groups in total. The summed E-state index contributed by atoms with van der Waals surface area (Å²) in [6.45, 7) is 1.41. The van der Waals surface area contributed by atoms with Crippen molar-refractivity contribution in [2.24, 2.45) is 0 Å². The van der Waals surface area contributed by atoms with E-state index >= 15 is 0 Å². The monoisotopic (exact) mass is 467 g/mol. The highest BCUT2D eigenvalue weighted by Crippen LogP contribution is 2.37. The molecule has 2 rings (SSSR count). The number of rotatable bonds is 3. The molecule has 0 spiro atoms. The van der Waals surface area contributed by atoms with E-state index in [-0.39, 0.29) is 10.7 Å². The van der Waals surface area contributed by atoms with Crippen LogP contribution in [0.3, 0.4) is 0 Å². The topological polar surface area (TPSA) is 83.9 Å². The summed E-state index contributed by atoms with van der Waals surface area (Å²) < 4.78 is 5.07. The van der Waals surface area contributed by atoms with Crippen LogP contribution in [0.1, 0.15) is 12.5 Å². The first-order valence-electron chi connectivity index (χ1n) is 6.29. The van der Waals surface area contributed by atoms with Gasteiger partial charge in [0.1, 0.15) is 11.8 Å². The van der Waals surface area contributed by atoms with Crippen LogP contribution >= 0.6 is 46.0 Å². The van der Waals surface area contributed by atoms with Crippen molar-refractivity contribution in [1.82, 2.24) is 4.90 Å². The van der Waals surface area contributed by atoms with Crippen LogP contribution in [-0.4, -0.2) is 40.3 Å². The number of phenols is 1. The lowest BCUT2D eigenvalue weighted by Gasteiger charge is -2.18. The molecule has 1 saturated heterocycles. The number of halogens is 2. The maximum Gasteiger partial charge on any atom is 0.328 e. The van der Waals surface area contributed by atoms with Crippen molar-refractivity contribution >= 4 is 69.1 Å². The van der Waals surface area contributed by atoms with E-state index in [1.54, 1.807) is 6.07 Å². The number of amides is 2. The average Bonchev–Trinajstić information content (AvgIpc) is 2.77. The standard InChI is InChI=1S/C14H11ClINO5S/c1-6(13(20)22-2)17-12(19)10(23-14(17)21)4-7-3-8(15)5-9(16)11(7)18/h3-6,18H,1-2H3/b10-4+/t6-/m1/s1. The predicted molar refractivity (Wildman–Crippen MR) is 95.1 cm³/mol. The number of hydrogen-bond donors (Lipinski definition) is 1. The molecule has 0 radical (unpaired) electrons. The van der Waals surface area contributed by atoms with Crippen LogP contribution in [0.5, 0.6) is 5.75 Å². The molecule has 1 aliphatic rings. The fourth-order valence-corrected chi connectivity index (χ4v) is 3.88. The molecule has 1 aromatic rings. The van der Waals surface area contributed by atoms with Crippen LogP contribution in [0, 0.1) is 3.57 Å². The predicted octanol–water partition coefficient (Wildman–Crippen LogP) is 3.25. The first-order chi connectivity index (χ1) is 10.8. The highest BCUT2D eigenvalue weighted by molar-refractivity contribution is 14.1. The molecule has 9 heteroatoms. The highest BCUT2D eigenvalue weighted by atomic mass is 127. The van der Waals surface area contributed by atoms with Gasteiger partial charge < -0.3 is 9.84 Å². The molecule has 1 aromatic carbocycles. The molecule has 0 saturated carbocycles. The van der Waals surface area contributed by atoms with Gasteiger partial charge in [0, 0.05) is 10.6 Å². The Morgan fingerprint density at radius 2 is 2.13 bits per heavy atom. The van der Waals surface area contributed by atoms with Crippen molar-refractivity contribution in [3.63, 3.8) is 0 Å². The Hall–Kier alpha value is -1.26. The lowest BCUT2D eigenvalue weighted by molar-refractivity contribution is -0.148. The van der Waals surface area contributed by atoms with Gasteiger partial charge in [-0.2, -0.15) is 0 Å². The summed E-state index contributed by atoms with van der Waals surface area (Å²) in [4.78, 5) is 36.8. The van der Waals surface area contributed by atoms with E-state index in [9.17, 15) is 19.5 Å². The molecular formula is C14H11ClINO5S. The van der Waals surface area contributed by atoms with Crippen molar-refractivity contribution in [2.45, 2.75) is 13.0 Å². The number of nitrogens with zero attached hydrogens (tertiary/aromatic N) is 1. The summed E-state index contributed by atoms with van der Waals surface area (Å²) in [5, 5.41) is 9.85. The van der Waals surface area contributed by atoms with Crippen molar-refractivity contribution < 1.29 is 24.2 Å². The summed E-state index contributed by atoms with van der Waals surface area (Å²) in [5.74, 6) is -1.34. The second-order valence-corrected chi connectivity index (χ2v) is 7.17. The number of carbonyl (C=O) groups is 3. The zero-order valence-corrected chi connectivity index (χ0v) is 15.7. The Morgan fingerprint density at radius 3 is 2.74 bits per heavy atom. The zero-order chi connectivity index (χ0) is 17.3. The Morgan fingerprint density at radius 1 is 1.48 bits per heavy atom. The molecule has 0 aromatic heterocycles. The third-order valence-electron chi connectivity index (χ3n) is 3.10. The molecule has 23 heavy (non-hydrogen) atoms. The molecule has 1 atom stereocenters. The van der Waals surface area contributed by atoms with Gasteiger partial charge in [0.15, 0.2) is 0 Å². The number of esters is 1. The van der Waals surface area contributed by atoms with Gasteiger partial charge >= 0.3 is 5.97 Å². The van der Waals surface area contributed by atoms with E-state index < -0.39 is 23.2 Å². The summed E-state index contributed by atoms with van der Waals surface area (Å²) in [6, 6.07) is 2.03. The SMILES string of the molecule is COC(=O)[C@@H](C)N1C(=O)S/C(=C/c2cc(Cl)cc(I)c2O)C1=O. The van der Waals surface area contributed by atoms with Crippen LogP contribution in [0.4, 0.5) is 4.79 Å². The number of carbonyl (C=O) groups excluding carboxylic acids is 3. The summed E-state index contributed by atoms with van der Waals surface area (Å²) in [6.07, 6.45) is 1.37. The number of phenolic OH excluding ortho intramolecular Hbond substituents is 1. The van der Waals surface area contributed by atoms with Gasteiger partial charge in [-0.05, 0) is 59.5 Å². The van der Waals surface area contributed by atoms with Crippen LogP contribution in [0.15, 0.2) is 17.0 Å². The molecule has 1 heterocycles. The number of aromatic hydroxyl groups is 1. The molecule has 6 nitrogen and oxygen atoms in total. The summed E-state index contributed by atoms with van der Waals surface area (Å²) in [7, 11) is 1.18. The number of hydrogen-bond acceptors (Lipinski definition) is 6. The lowest BCUT2D eigenvalue weighted by Crippen LogP contribution is -2.42. The maximum absolute atomic E-state index is 12.4. The van der Waals surface area contributed by atoms with E-state index in [0.717, 1.165) is 4.90 Å². The van der Waals surface area contributed by atoms with Gasteiger partial charge in [0.05, 0.1) is 15.6 Å². The van der Waals surface area contributed by atoms with Gasteiger partial charge in [0.2, 0.25) is 0 Å². The molecule has 0 unspecified atom stereocenters. The van der Waals surface area contributed by atoms with Crippen LogP contribution < -0.4 is 0 Å². The molecule has 0 bridgehead atoms. The molecule has 1 fully saturated rings. The van der Waals surface area contributed by atoms with Gasteiger partial charge in [-0.3, -0.25) is 14.5 Å². The number of thioether (sulfide) groups is 1. The molecule has 0 aliphatic carbocycles. The lowest BCUT2D eigenvalue weighted by atomic mass is 10.2. The van der Waals surface area contributed by atoms with E-state index in [1.807, 2.05) is 22.6 Å². The normalized spacial score (nSPS) is 17.7. The van der Waals surface area contributed by atoms with E-state index in [0.29, 0.717) is 25.9 Å². The van der Waals surface area contributed by atoms with Gasteiger partial charge in [-0.15, -0.1) is 0 Å². The second kappa shape index (κ2) is 7.10. The quantitative estimate of drug-likeness (QED) is 0.417. The largest absolute Gasteiger partial charge is 0.506 e. The third-order valence-corrected chi connectivity index (χ3v) is 5.02. The Labute approximate surface area is 154 Å². The summed E-state index contributed by atoms with van der Waals surface area (Å²) >= 11 is 8.53. The minimum Gasteiger partial charge on any atom is -0.506 e. The fourth-order valence-electron chi connectivity index (χ4n) is 1.93. The van der Waals surface area contributed by atoms with Crippen molar-refractivity contribution in [1.29, 1.82) is 0 Å². The highest BCUT2D eigenvalue weighted by Gasteiger charge is 2.41. The van der Waals surface area contributed by atoms with E-state index in [1.165, 1.54) is 26.2 Å². The summed E-state index contributed by atoms with van der Waals surface area (Å²) in [5.41, 5.74) is 0.318. The smallest absolute Gasteiger partial charge is 0.328 e.